The number of unbranched alkanes of at least 4 members (excludes halogenated alkanes) is 14. The lowest BCUT2D eigenvalue weighted by molar-refractivity contribution is -0.150. The Morgan fingerprint density at radius 2 is 1.32 bits per heavy atom. The van der Waals surface area contributed by atoms with E-state index in [1.807, 2.05) is 0 Å². The van der Waals surface area contributed by atoms with E-state index < -0.39 is 0 Å². The molecule has 0 fully saturated rings. The number of carbonyl (C=O) groups is 1. The molecular weight excluding hydrogens is 386 g/mol. The number of aliphatic hydroxyl groups excluding tert-OH is 1. The monoisotopic (exact) mass is 440 g/mol. The molecule has 0 spiro atoms. The van der Waals surface area contributed by atoms with Crippen molar-refractivity contribution >= 4 is 5.97 Å². The average molecular weight is 441 g/mol. The van der Waals surface area contributed by atoms with Crippen LogP contribution in [0.1, 0.15) is 135 Å². The van der Waals surface area contributed by atoms with Crippen molar-refractivity contribution in [1.29, 1.82) is 0 Å². The number of carbonyl (C=O) groups excluding carboxylic acids is 1. The van der Waals surface area contributed by atoms with Crippen LogP contribution >= 0.6 is 0 Å². The molecule has 0 heterocycles. The van der Waals surface area contributed by atoms with E-state index in [1.54, 1.807) is 0 Å². The molecule has 184 valence electrons. The fraction of sp³-hybridized carbons (Fsp3) is 0.926. The molecule has 0 rings (SSSR count). The van der Waals surface area contributed by atoms with Crippen molar-refractivity contribution in [1.82, 2.24) is 5.32 Å². The van der Waals surface area contributed by atoms with Crippen LogP contribution in [0.2, 0.25) is 0 Å². The zero-order valence-corrected chi connectivity index (χ0v) is 20.8. The second kappa shape index (κ2) is 25.5. The molecule has 0 aromatic heterocycles. The minimum Gasteiger partial charge on any atom is -0.462 e. The number of hydrogen-bond donors (Lipinski definition) is 2. The van der Waals surface area contributed by atoms with Crippen molar-refractivity contribution in [2.45, 2.75) is 141 Å². The topological polar surface area (TPSA) is 58.6 Å². The second-order valence-electron chi connectivity index (χ2n) is 9.07. The Morgan fingerprint density at radius 1 is 0.774 bits per heavy atom. The summed E-state index contributed by atoms with van der Waals surface area (Å²) in [5.74, 6) is 0.0117. The maximum absolute atomic E-state index is 12.3. The van der Waals surface area contributed by atoms with E-state index in [4.69, 9.17) is 9.84 Å². The quantitative estimate of drug-likeness (QED) is 0.0900. The van der Waals surface area contributed by atoms with Gasteiger partial charge in [-0.25, -0.2) is 0 Å². The molecule has 1 atom stereocenters. The molecule has 0 aromatic rings. The van der Waals surface area contributed by atoms with Gasteiger partial charge in [-0.05, 0) is 57.9 Å². The highest BCUT2D eigenvalue weighted by molar-refractivity contribution is 5.69. The maximum Gasteiger partial charge on any atom is 0.306 e. The minimum atomic E-state index is 0.0117. The Kier molecular flexibility index (Phi) is 24.9. The average Bonchev–Trinajstić information content (AvgIpc) is 2.77. The highest BCUT2D eigenvalue weighted by atomic mass is 16.5. The van der Waals surface area contributed by atoms with Gasteiger partial charge in [0.15, 0.2) is 0 Å². The van der Waals surface area contributed by atoms with Crippen molar-refractivity contribution < 1.29 is 14.6 Å². The summed E-state index contributed by atoms with van der Waals surface area (Å²) in [6, 6.07) is 0. The normalized spacial score (nSPS) is 12.2. The van der Waals surface area contributed by atoms with Crippen LogP contribution in [0.3, 0.4) is 0 Å². The third kappa shape index (κ3) is 23.7. The van der Waals surface area contributed by atoms with Gasteiger partial charge in [-0.15, -0.1) is 0 Å². The smallest absolute Gasteiger partial charge is 0.306 e. The number of esters is 1. The first kappa shape index (κ1) is 30.3. The van der Waals surface area contributed by atoms with Gasteiger partial charge in [0.1, 0.15) is 6.10 Å². The van der Waals surface area contributed by atoms with Gasteiger partial charge in [-0.2, -0.15) is 0 Å². The molecule has 0 aliphatic rings. The van der Waals surface area contributed by atoms with Crippen LogP contribution in [0.15, 0.2) is 0 Å². The van der Waals surface area contributed by atoms with Crippen molar-refractivity contribution in [3.63, 3.8) is 0 Å². The van der Waals surface area contributed by atoms with Gasteiger partial charge in [-0.1, -0.05) is 71.1 Å². The minimum absolute atomic E-state index is 0.0117. The van der Waals surface area contributed by atoms with E-state index in [1.165, 1.54) is 83.5 Å². The summed E-state index contributed by atoms with van der Waals surface area (Å²) in [5.41, 5.74) is 0. The molecule has 0 bridgehead atoms. The van der Waals surface area contributed by atoms with Gasteiger partial charge in [0.2, 0.25) is 0 Å². The SMILES string of the molecule is [CH2+]CCCCCCCC(CCCCCCCC)OC(=O)CCCCCCCNCCO. The standard InChI is InChI=1S/C27H54NO3/c1-3-5-7-9-12-16-20-26(21-17-13-10-8-6-4-2)31-27(30)22-18-14-11-15-19-23-28-24-25-29/h26,28-29H,1,3-25H2,2H3/q+1. The summed E-state index contributed by atoms with van der Waals surface area (Å²) in [6.45, 7) is 8.02. The van der Waals surface area contributed by atoms with Gasteiger partial charge in [0.25, 0.3) is 0 Å². The number of ether oxygens (including phenoxy) is 1. The summed E-state index contributed by atoms with van der Waals surface area (Å²) >= 11 is 0. The largest absolute Gasteiger partial charge is 0.462 e. The third-order valence-electron chi connectivity index (χ3n) is 5.98. The predicted octanol–water partition coefficient (Wildman–Crippen LogP) is 7.14. The summed E-state index contributed by atoms with van der Waals surface area (Å²) in [4.78, 5) is 12.3. The van der Waals surface area contributed by atoms with Crippen molar-refractivity contribution in [3.8, 4) is 0 Å². The lowest BCUT2D eigenvalue weighted by atomic mass is 10.0. The van der Waals surface area contributed by atoms with E-state index in [-0.39, 0.29) is 18.7 Å². The van der Waals surface area contributed by atoms with Crippen LogP contribution < -0.4 is 5.32 Å². The summed E-state index contributed by atoms with van der Waals surface area (Å²) < 4.78 is 5.90. The molecule has 1 unspecified atom stereocenters. The lowest BCUT2D eigenvalue weighted by Gasteiger charge is -2.18. The summed E-state index contributed by atoms with van der Waals surface area (Å²) in [7, 11) is 0. The highest BCUT2D eigenvalue weighted by Gasteiger charge is 2.14. The first-order valence-corrected chi connectivity index (χ1v) is 13.5. The fourth-order valence-corrected chi connectivity index (χ4v) is 3.99. The first-order valence-electron chi connectivity index (χ1n) is 13.5. The van der Waals surface area contributed by atoms with Crippen LogP contribution in [0, 0.1) is 6.92 Å². The van der Waals surface area contributed by atoms with E-state index in [9.17, 15) is 4.79 Å². The van der Waals surface area contributed by atoms with Crippen LogP contribution in [0.25, 0.3) is 0 Å². The van der Waals surface area contributed by atoms with E-state index in [2.05, 4.69) is 19.2 Å². The first-order chi connectivity index (χ1) is 15.2. The molecule has 0 radical (unpaired) electrons. The zero-order chi connectivity index (χ0) is 22.8. The van der Waals surface area contributed by atoms with Gasteiger partial charge in [-0.3, -0.25) is 4.79 Å². The third-order valence-corrected chi connectivity index (χ3v) is 5.98. The van der Waals surface area contributed by atoms with Crippen molar-refractivity contribution in [2.24, 2.45) is 0 Å². The van der Waals surface area contributed by atoms with Crippen molar-refractivity contribution in [3.05, 3.63) is 6.92 Å². The van der Waals surface area contributed by atoms with Gasteiger partial charge in [0.05, 0.1) is 20.0 Å². The Morgan fingerprint density at radius 3 is 1.94 bits per heavy atom. The van der Waals surface area contributed by atoms with Crippen molar-refractivity contribution in [2.75, 3.05) is 19.7 Å². The Labute approximate surface area is 194 Å². The van der Waals surface area contributed by atoms with Crippen LogP contribution in [-0.2, 0) is 9.53 Å². The summed E-state index contributed by atoms with van der Waals surface area (Å²) in [6.07, 6.45) is 23.3. The molecule has 0 saturated heterocycles. The zero-order valence-electron chi connectivity index (χ0n) is 20.8. The molecule has 2 N–H and O–H groups in total. The van der Waals surface area contributed by atoms with Gasteiger partial charge >= 0.3 is 5.97 Å². The number of rotatable bonds is 25. The maximum atomic E-state index is 12.3. The van der Waals surface area contributed by atoms with Crippen LogP contribution in [0.5, 0.6) is 0 Å². The van der Waals surface area contributed by atoms with Crippen LogP contribution in [0.4, 0.5) is 0 Å². The summed E-state index contributed by atoms with van der Waals surface area (Å²) in [5, 5.41) is 11.9. The molecule has 0 saturated carbocycles. The molecule has 0 aromatic carbocycles. The molecule has 0 aliphatic heterocycles. The highest BCUT2D eigenvalue weighted by Crippen LogP contribution is 2.18. The van der Waals surface area contributed by atoms with Gasteiger partial charge in [0, 0.05) is 13.0 Å². The number of aliphatic hydroxyl groups is 1. The van der Waals surface area contributed by atoms with Crippen LogP contribution in [-0.4, -0.2) is 36.9 Å². The number of hydrogen-bond acceptors (Lipinski definition) is 4. The molecular formula is C27H54NO3+. The molecule has 4 nitrogen and oxygen atoms in total. The molecule has 0 amide bonds. The van der Waals surface area contributed by atoms with E-state index >= 15 is 0 Å². The van der Waals surface area contributed by atoms with E-state index in [0.29, 0.717) is 13.0 Å². The second-order valence-corrected chi connectivity index (χ2v) is 9.07. The molecule has 31 heavy (non-hydrogen) atoms. The lowest BCUT2D eigenvalue weighted by Crippen LogP contribution is -2.19. The molecule has 4 heteroatoms. The Hall–Kier alpha value is -0.740. The Bertz CT molecular complexity index is 346. The number of nitrogens with one attached hydrogen (secondary N) is 1. The fourth-order valence-electron chi connectivity index (χ4n) is 3.99. The Balaban J connectivity index is 3.94. The molecule has 0 aliphatic carbocycles. The predicted molar refractivity (Wildman–Crippen MR) is 133 cm³/mol. The van der Waals surface area contributed by atoms with Gasteiger partial charge < -0.3 is 15.2 Å². The van der Waals surface area contributed by atoms with E-state index in [0.717, 1.165) is 45.1 Å².